The van der Waals surface area contributed by atoms with E-state index in [1.807, 2.05) is 6.92 Å². The Morgan fingerprint density at radius 1 is 1.29 bits per heavy atom. The van der Waals surface area contributed by atoms with Crippen LogP contribution in [0.2, 0.25) is 0 Å². The van der Waals surface area contributed by atoms with Crippen LogP contribution in [0.25, 0.3) is 0 Å². The van der Waals surface area contributed by atoms with Crippen LogP contribution in [0.1, 0.15) is 29.1 Å². The van der Waals surface area contributed by atoms with Gasteiger partial charge in [-0.25, -0.2) is 4.79 Å². The topological polar surface area (TPSA) is 79.5 Å². The number of amides is 1. The Balaban J connectivity index is 1.91. The first kappa shape index (κ1) is 15.2. The first-order chi connectivity index (χ1) is 10.1. The lowest BCUT2D eigenvalue weighted by Crippen LogP contribution is -2.27. The molecule has 2 N–H and O–H groups in total. The fourth-order valence-electron chi connectivity index (χ4n) is 1.80. The number of aromatic carboxylic acids is 1. The number of carboxylic acids is 1. The molecule has 6 heteroatoms. The van der Waals surface area contributed by atoms with E-state index in [9.17, 15) is 9.59 Å². The minimum Gasteiger partial charge on any atom is -0.478 e. The third kappa shape index (κ3) is 4.13. The van der Waals surface area contributed by atoms with Crippen LogP contribution >= 0.6 is 11.8 Å². The predicted molar refractivity (Wildman–Crippen MR) is 79.4 cm³/mol. The lowest BCUT2D eigenvalue weighted by atomic mass is 10.2. The summed E-state index contributed by atoms with van der Waals surface area (Å²) in [6.45, 7) is 1.83. The maximum absolute atomic E-state index is 11.9. The summed E-state index contributed by atoms with van der Waals surface area (Å²) in [5, 5.41) is 11.9. The van der Waals surface area contributed by atoms with Crippen LogP contribution in [0, 0.1) is 0 Å². The highest BCUT2D eigenvalue weighted by Gasteiger charge is 2.14. The van der Waals surface area contributed by atoms with Crippen LogP contribution in [0.15, 0.2) is 52.0 Å². The van der Waals surface area contributed by atoms with Gasteiger partial charge in [-0.3, -0.25) is 4.79 Å². The highest BCUT2D eigenvalue weighted by Crippen LogP contribution is 2.22. The van der Waals surface area contributed by atoms with Crippen molar-refractivity contribution in [2.75, 3.05) is 5.75 Å². The van der Waals surface area contributed by atoms with Crippen LogP contribution in [-0.2, 0) is 4.79 Å². The minimum absolute atomic E-state index is 0.148. The van der Waals surface area contributed by atoms with Gasteiger partial charge in [0.05, 0.1) is 23.6 Å². The molecule has 1 heterocycles. The van der Waals surface area contributed by atoms with Gasteiger partial charge in [0.2, 0.25) is 5.91 Å². The van der Waals surface area contributed by atoms with Crippen molar-refractivity contribution in [3.05, 3.63) is 54.0 Å². The minimum atomic E-state index is -0.998. The molecule has 0 unspecified atom stereocenters. The zero-order valence-electron chi connectivity index (χ0n) is 11.4. The third-order valence-corrected chi connectivity index (χ3v) is 3.90. The van der Waals surface area contributed by atoms with Crippen LogP contribution in [0.5, 0.6) is 0 Å². The van der Waals surface area contributed by atoms with Gasteiger partial charge in [0.25, 0.3) is 0 Å². The molecule has 0 radical (unpaired) electrons. The normalized spacial score (nSPS) is 11.9. The summed E-state index contributed by atoms with van der Waals surface area (Å²) in [6.07, 6.45) is 1.55. The number of carbonyl (C=O) groups excluding carboxylic acids is 1. The number of furan rings is 1. The molecular formula is C15H15NO4S. The molecule has 0 aliphatic heterocycles. The Hall–Kier alpha value is -2.21. The van der Waals surface area contributed by atoms with Gasteiger partial charge in [-0.15, -0.1) is 11.8 Å². The SMILES string of the molecule is C[C@@H](NC(=O)CSc1ccccc1C(=O)O)c1ccco1. The maximum atomic E-state index is 11.9. The average molecular weight is 305 g/mol. The molecule has 21 heavy (non-hydrogen) atoms. The predicted octanol–water partition coefficient (Wildman–Crippen LogP) is 2.95. The van der Waals surface area contributed by atoms with Gasteiger partial charge in [-0.05, 0) is 31.2 Å². The Bertz CT molecular complexity index is 624. The smallest absolute Gasteiger partial charge is 0.336 e. The van der Waals surface area contributed by atoms with Crippen LogP contribution in [-0.4, -0.2) is 22.7 Å². The molecule has 0 spiro atoms. The first-order valence-corrected chi connectivity index (χ1v) is 7.34. The Labute approximate surface area is 126 Å². The van der Waals surface area contributed by atoms with Crippen molar-refractivity contribution < 1.29 is 19.1 Å². The molecule has 1 aromatic heterocycles. The molecule has 0 aliphatic carbocycles. The van der Waals surface area contributed by atoms with Crippen molar-refractivity contribution in [1.29, 1.82) is 0 Å². The number of hydrogen-bond donors (Lipinski definition) is 2. The zero-order valence-corrected chi connectivity index (χ0v) is 12.2. The highest BCUT2D eigenvalue weighted by atomic mass is 32.2. The second kappa shape index (κ2) is 6.99. The molecule has 0 bridgehead atoms. The summed E-state index contributed by atoms with van der Waals surface area (Å²) in [5.74, 6) is -0.346. The quantitative estimate of drug-likeness (QED) is 0.802. The van der Waals surface area contributed by atoms with Gasteiger partial charge < -0.3 is 14.8 Å². The summed E-state index contributed by atoms with van der Waals surface area (Å²) >= 11 is 1.20. The molecule has 1 aromatic carbocycles. The van der Waals surface area contributed by atoms with E-state index in [2.05, 4.69) is 5.32 Å². The van der Waals surface area contributed by atoms with Gasteiger partial charge >= 0.3 is 5.97 Å². The van der Waals surface area contributed by atoms with E-state index in [0.717, 1.165) is 0 Å². The molecule has 2 aromatic rings. The lowest BCUT2D eigenvalue weighted by Gasteiger charge is -2.11. The molecule has 0 fully saturated rings. The van der Waals surface area contributed by atoms with E-state index >= 15 is 0 Å². The molecular weight excluding hydrogens is 290 g/mol. The van der Waals surface area contributed by atoms with E-state index in [4.69, 9.17) is 9.52 Å². The van der Waals surface area contributed by atoms with E-state index in [1.54, 1.807) is 36.6 Å². The summed E-state index contributed by atoms with van der Waals surface area (Å²) in [5.41, 5.74) is 0.203. The number of thioether (sulfide) groups is 1. The van der Waals surface area contributed by atoms with E-state index < -0.39 is 5.97 Å². The number of carboxylic acid groups (broad SMARTS) is 1. The van der Waals surface area contributed by atoms with Crippen molar-refractivity contribution >= 4 is 23.6 Å². The van der Waals surface area contributed by atoms with E-state index in [1.165, 1.54) is 17.8 Å². The van der Waals surface area contributed by atoms with Crippen molar-refractivity contribution in [2.24, 2.45) is 0 Å². The van der Waals surface area contributed by atoms with Gasteiger partial charge in [0.1, 0.15) is 5.76 Å². The molecule has 1 atom stereocenters. The molecule has 2 rings (SSSR count). The molecule has 0 saturated heterocycles. The number of nitrogens with one attached hydrogen (secondary N) is 1. The standard InChI is InChI=1S/C15H15NO4S/c1-10(12-6-4-8-20-12)16-14(17)9-21-13-7-3-2-5-11(13)15(18)19/h2-8,10H,9H2,1H3,(H,16,17)(H,18,19)/t10-/m1/s1. The van der Waals surface area contributed by atoms with E-state index in [0.29, 0.717) is 10.7 Å². The molecule has 110 valence electrons. The fourth-order valence-corrected chi connectivity index (χ4v) is 2.66. The number of rotatable bonds is 6. The molecule has 5 nitrogen and oxygen atoms in total. The first-order valence-electron chi connectivity index (χ1n) is 6.36. The van der Waals surface area contributed by atoms with Gasteiger partial charge in [0.15, 0.2) is 0 Å². The van der Waals surface area contributed by atoms with Crippen LogP contribution in [0.4, 0.5) is 0 Å². The Morgan fingerprint density at radius 3 is 2.71 bits per heavy atom. The second-order valence-electron chi connectivity index (χ2n) is 4.39. The van der Waals surface area contributed by atoms with E-state index in [-0.39, 0.29) is 23.3 Å². The van der Waals surface area contributed by atoms with Crippen LogP contribution < -0.4 is 5.32 Å². The monoisotopic (exact) mass is 305 g/mol. The maximum Gasteiger partial charge on any atom is 0.336 e. The Morgan fingerprint density at radius 2 is 2.05 bits per heavy atom. The molecule has 1 amide bonds. The third-order valence-electron chi connectivity index (χ3n) is 2.82. The highest BCUT2D eigenvalue weighted by molar-refractivity contribution is 8.00. The average Bonchev–Trinajstić information content (AvgIpc) is 2.99. The summed E-state index contributed by atoms with van der Waals surface area (Å²) < 4.78 is 5.21. The van der Waals surface area contributed by atoms with Gasteiger partial charge in [-0.2, -0.15) is 0 Å². The largest absolute Gasteiger partial charge is 0.478 e. The molecule has 0 aliphatic rings. The van der Waals surface area contributed by atoms with Gasteiger partial charge in [-0.1, -0.05) is 12.1 Å². The number of carbonyl (C=O) groups is 2. The number of hydrogen-bond acceptors (Lipinski definition) is 4. The summed E-state index contributed by atoms with van der Waals surface area (Å²) in [4.78, 5) is 23.5. The van der Waals surface area contributed by atoms with Crippen molar-refractivity contribution in [3.63, 3.8) is 0 Å². The fraction of sp³-hybridized carbons (Fsp3) is 0.200. The van der Waals surface area contributed by atoms with Crippen molar-refractivity contribution in [2.45, 2.75) is 17.9 Å². The zero-order chi connectivity index (χ0) is 15.2. The van der Waals surface area contributed by atoms with Crippen molar-refractivity contribution in [3.8, 4) is 0 Å². The summed E-state index contributed by atoms with van der Waals surface area (Å²) in [6, 6.07) is 9.95. The van der Waals surface area contributed by atoms with Gasteiger partial charge in [0, 0.05) is 4.90 Å². The lowest BCUT2D eigenvalue weighted by molar-refractivity contribution is -0.119. The Kier molecular flexibility index (Phi) is 5.05. The van der Waals surface area contributed by atoms with Crippen LogP contribution in [0.3, 0.4) is 0 Å². The molecule has 0 saturated carbocycles. The second-order valence-corrected chi connectivity index (χ2v) is 5.41. The van der Waals surface area contributed by atoms with Crippen molar-refractivity contribution in [1.82, 2.24) is 5.32 Å². The summed E-state index contributed by atoms with van der Waals surface area (Å²) in [7, 11) is 0. The number of benzene rings is 1.